The van der Waals surface area contributed by atoms with Crippen molar-refractivity contribution in [1.29, 1.82) is 0 Å². The molecule has 5 atom stereocenters. The number of fused-ring (bicyclic) bond motifs is 1. The molecule has 5 rings (SSSR count). The zero-order valence-corrected chi connectivity index (χ0v) is 18.7. The van der Waals surface area contributed by atoms with E-state index in [1.54, 1.807) is 48.5 Å². The van der Waals surface area contributed by atoms with Gasteiger partial charge in [-0.25, -0.2) is 4.57 Å². The summed E-state index contributed by atoms with van der Waals surface area (Å²) < 4.78 is 42.8. The van der Waals surface area contributed by atoms with Crippen LogP contribution in [0.2, 0.25) is 0 Å². The summed E-state index contributed by atoms with van der Waals surface area (Å²) >= 11 is 0. The van der Waals surface area contributed by atoms with E-state index in [1.807, 2.05) is 42.5 Å². The molecule has 0 spiro atoms. The Kier molecular flexibility index (Phi) is 6.49. The topological polar surface area (TPSA) is 83.5 Å². The summed E-state index contributed by atoms with van der Waals surface area (Å²) in [6.07, 6.45) is -1.75. The van der Waals surface area contributed by atoms with Gasteiger partial charge in [0.1, 0.15) is 17.6 Å². The molecule has 3 aromatic carbocycles. The molecule has 1 aliphatic heterocycles. The Morgan fingerprint density at radius 1 is 0.788 bits per heavy atom. The van der Waals surface area contributed by atoms with Crippen LogP contribution in [-0.2, 0) is 18.6 Å². The molecule has 0 radical (unpaired) electrons. The van der Waals surface area contributed by atoms with E-state index in [1.165, 1.54) is 0 Å². The fraction of sp³-hybridized carbons (Fsp3) is 0.280. The predicted octanol–water partition coefficient (Wildman–Crippen LogP) is 5.13. The van der Waals surface area contributed by atoms with Crippen LogP contribution in [0.1, 0.15) is 18.3 Å². The standard InChI is InChI=1S/C25H25O7P/c26-22-16-19(23-24(22)30-25(29-23)18-10-4-1-5-11-18)17-28-33(27,31-20-12-6-2-7-13-20)32-21-14-8-3-9-15-21/h1-15,19,22-26H,16-17H2/t19-,22+,23-,24+,25-/m1/s1. The molecule has 0 unspecified atom stereocenters. The molecule has 1 heterocycles. The van der Waals surface area contributed by atoms with Gasteiger partial charge in [-0.1, -0.05) is 66.7 Å². The molecule has 0 bridgehead atoms. The summed E-state index contributed by atoms with van der Waals surface area (Å²) in [5.41, 5.74) is 0.879. The molecule has 1 aliphatic carbocycles. The fourth-order valence-electron chi connectivity index (χ4n) is 4.15. The number of benzene rings is 3. The lowest BCUT2D eigenvalue weighted by molar-refractivity contribution is -0.101. The first-order valence-electron chi connectivity index (χ1n) is 10.9. The van der Waals surface area contributed by atoms with Gasteiger partial charge in [-0.2, -0.15) is 0 Å². The quantitative estimate of drug-likeness (QED) is 0.459. The molecule has 1 saturated heterocycles. The highest BCUT2D eigenvalue weighted by atomic mass is 31.2. The summed E-state index contributed by atoms with van der Waals surface area (Å²) in [6.45, 7) is 0.0139. The third-order valence-electron chi connectivity index (χ3n) is 5.71. The van der Waals surface area contributed by atoms with Gasteiger partial charge in [0.25, 0.3) is 0 Å². The molecular weight excluding hydrogens is 443 g/mol. The maximum Gasteiger partial charge on any atom is 0.587 e. The lowest BCUT2D eigenvalue weighted by atomic mass is 10.1. The highest BCUT2D eigenvalue weighted by Crippen LogP contribution is 2.51. The normalized spacial score (nSPS) is 26.6. The van der Waals surface area contributed by atoms with E-state index in [9.17, 15) is 9.67 Å². The van der Waals surface area contributed by atoms with E-state index in [0.29, 0.717) is 17.9 Å². The van der Waals surface area contributed by atoms with Gasteiger partial charge >= 0.3 is 7.82 Å². The zero-order chi connectivity index (χ0) is 22.7. The van der Waals surface area contributed by atoms with Gasteiger partial charge in [-0.05, 0) is 30.7 Å². The van der Waals surface area contributed by atoms with Crippen LogP contribution in [0.25, 0.3) is 0 Å². The molecule has 8 heteroatoms. The van der Waals surface area contributed by atoms with Crippen molar-refractivity contribution in [2.45, 2.75) is 31.0 Å². The first-order chi connectivity index (χ1) is 16.1. The van der Waals surface area contributed by atoms with Gasteiger partial charge in [-0.15, -0.1) is 0 Å². The fourth-order valence-corrected chi connectivity index (χ4v) is 5.43. The van der Waals surface area contributed by atoms with Gasteiger partial charge in [0, 0.05) is 11.5 Å². The summed E-state index contributed by atoms with van der Waals surface area (Å²) in [6, 6.07) is 27.0. The highest BCUT2D eigenvalue weighted by molar-refractivity contribution is 7.49. The largest absolute Gasteiger partial charge is 0.587 e. The molecule has 3 aromatic rings. The van der Waals surface area contributed by atoms with Crippen LogP contribution in [-0.4, -0.2) is 30.0 Å². The van der Waals surface area contributed by atoms with Gasteiger partial charge in [0.15, 0.2) is 6.29 Å². The Bertz CT molecular complexity index is 1030. The van der Waals surface area contributed by atoms with Crippen LogP contribution in [0.4, 0.5) is 0 Å². The molecule has 2 fully saturated rings. The molecule has 7 nitrogen and oxygen atoms in total. The van der Waals surface area contributed by atoms with Gasteiger partial charge in [0.2, 0.25) is 0 Å². The SMILES string of the molecule is O=P(OC[C@H]1C[C@H](O)[C@@H]2O[C@H](c3ccccc3)O[C@H]12)(Oc1ccccc1)Oc1ccccc1. The number of ether oxygens (including phenoxy) is 2. The number of phosphoric ester groups is 1. The Morgan fingerprint density at radius 3 is 1.88 bits per heavy atom. The minimum absolute atomic E-state index is 0.0139. The number of para-hydroxylation sites is 2. The lowest BCUT2D eigenvalue weighted by Crippen LogP contribution is -2.29. The third kappa shape index (κ3) is 5.13. The first kappa shape index (κ1) is 22.1. The Labute approximate surface area is 192 Å². The maximum absolute atomic E-state index is 13.6. The van der Waals surface area contributed by atoms with Crippen molar-refractivity contribution in [3.05, 3.63) is 96.6 Å². The predicted molar refractivity (Wildman–Crippen MR) is 121 cm³/mol. The van der Waals surface area contributed by atoms with E-state index < -0.39 is 32.4 Å². The zero-order valence-electron chi connectivity index (χ0n) is 17.8. The smallest absolute Gasteiger partial charge is 0.395 e. The number of rotatable bonds is 8. The minimum Gasteiger partial charge on any atom is -0.395 e. The molecule has 33 heavy (non-hydrogen) atoms. The maximum atomic E-state index is 13.6. The third-order valence-corrected chi connectivity index (χ3v) is 7.05. The second-order valence-corrected chi connectivity index (χ2v) is 9.58. The second kappa shape index (κ2) is 9.67. The molecule has 0 amide bonds. The van der Waals surface area contributed by atoms with Crippen LogP contribution < -0.4 is 9.05 Å². The monoisotopic (exact) mass is 468 g/mol. The van der Waals surface area contributed by atoms with E-state index >= 15 is 0 Å². The molecule has 1 saturated carbocycles. The van der Waals surface area contributed by atoms with Crippen LogP contribution in [0, 0.1) is 5.92 Å². The van der Waals surface area contributed by atoms with Crippen LogP contribution in [0.5, 0.6) is 11.5 Å². The minimum atomic E-state index is -4.02. The van der Waals surface area contributed by atoms with E-state index in [4.69, 9.17) is 23.0 Å². The molecular formula is C25H25O7P. The average molecular weight is 468 g/mol. The van der Waals surface area contributed by atoms with Gasteiger partial charge in [0.05, 0.1) is 18.8 Å². The Hall–Kier alpha value is -2.67. The van der Waals surface area contributed by atoms with Crippen molar-refractivity contribution in [2.75, 3.05) is 6.61 Å². The second-order valence-electron chi connectivity index (χ2n) is 8.06. The molecule has 1 N–H and O–H groups in total. The van der Waals surface area contributed by atoms with Crippen LogP contribution >= 0.6 is 7.82 Å². The Morgan fingerprint density at radius 2 is 1.30 bits per heavy atom. The summed E-state index contributed by atoms with van der Waals surface area (Å²) in [4.78, 5) is 0. The van der Waals surface area contributed by atoms with Crippen molar-refractivity contribution >= 4 is 7.82 Å². The van der Waals surface area contributed by atoms with Crippen LogP contribution in [0.15, 0.2) is 91.0 Å². The highest BCUT2D eigenvalue weighted by Gasteiger charge is 2.52. The summed E-state index contributed by atoms with van der Waals surface area (Å²) in [5.74, 6) is 0.488. The molecule has 172 valence electrons. The van der Waals surface area contributed by atoms with Gasteiger partial charge < -0.3 is 23.6 Å². The summed E-state index contributed by atoms with van der Waals surface area (Å²) in [7, 11) is -4.02. The molecule has 0 aromatic heterocycles. The average Bonchev–Trinajstić information content (AvgIpc) is 3.40. The first-order valence-corrected chi connectivity index (χ1v) is 12.3. The Balaban J connectivity index is 1.30. The van der Waals surface area contributed by atoms with Crippen molar-refractivity contribution in [1.82, 2.24) is 0 Å². The number of phosphoric acid groups is 1. The van der Waals surface area contributed by atoms with Crippen molar-refractivity contribution in [3.63, 3.8) is 0 Å². The summed E-state index contributed by atoms with van der Waals surface area (Å²) in [5, 5.41) is 10.5. The van der Waals surface area contributed by atoms with E-state index in [0.717, 1.165) is 5.56 Å². The van der Waals surface area contributed by atoms with Crippen LogP contribution in [0.3, 0.4) is 0 Å². The van der Waals surface area contributed by atoms with Gasteiger partial charge in [-0.3, -0.25) is 4.52 Å². The van der Waals surface area contributed by atoms with Crippen molar-refractivity contribution in [2.24, 2.45) is 5.92 Å². The number of hydrogen-bond donors (Lipinski definition) is 1. The number of aliphatic hydroxyl groups excluding tert-OH is 1. The number of hydrogen-bond acceptors (Lipinski definition) is 7. The lowest BCUT2D eigenvalue weighted by Gasteiger charge is -2.22. The van der Waals surface area contributed by atoms with E-state index in [-0.39, 0.29) is 12.5 Å². The number of aliphatic hydroxyl groups is 1. The molecule has 2 aliphatic rings. The van der Waals surface area contributed by atoms with E-state index in [2.05, 4.69) is 0 Å². The van der Waals surface area contributed by atoms with Crippen molar-refractivity contribution in [3.8, 4) is 11.5 Å². The van der Waals surface area contributed by atoms with Crippen molar-refractivity contribution < 1.29 is 32.7 Å².